The molecule has 2 fully saturated rings. The number of hydrogen-bond acceptors (Lipinski definition) is 16. The molecule has 0 aromatic carbocycles. The molecule has 12 atom stereocenters. The number of aliphatic carboxylic acids is 2. The summed E-state index contributed by atoms with van der Waals surface area (Å²) in [6.07, 6.45) is -15.0. The van der Waals surface area contributed by atoms with Gasteiger partial charge in [-0.05, 0) is 0 Å². The minimum Gasteiger partial charge on any atom is -0.477 e. The molecule has 0 bridgehead atoms. The first-order valence-electron chi connectivity index (χ1n) is 12.4. The molecule has 0 saturated carbocycles. The largest absolute Gasteiger partial charge is 0.477 e. The van der Waals surface area contributed by atoms with E-state index in [1.165, 1.54) is 0 Å². The van der Waals surface area contributed by atoms with Crippen LogP contribution in [0.2, 0.25) is 0 Å². The minimum atomic E-state index is -2.78. The summed E-state index contributed by atoms with van der Waals surface area (Å²) >= 11 is 0. The molecule has 0 aromatic heterocycles. The van der Waals surface area contributed by atoms with Gasteiger partial charge in [0, 0.05) is 75.6 Å². The van der Waals surface area contributed by atoms with Crippen molar-refractivity contribution in [1.29, 1.82) is 0 Å². The summed E-state index contributed by atoms with van der Waals surface area (Å²) in [6, 6.07) is -2.53. The number of carbonyl (C=O) groups excluding carboxylic acids is 2. The van der Waals surface area contributed by atoms with Crippen molar-refractivity contribution in [1.82, 2.24) is 10.6 Å². The predicted octanol–water partition coefficient (Wildman–Crippen LogP) is -8.12. The monoisotopic (exact) mass is 756 g/mol. The first-order chi connectivity index (χ1) is 19.2. The number of carbonyl (C=O) groups is 4. The normalized spacial score (nSPS) is 35.0. The minimum absolute atomic E-state index is 0. The van der Waals surface area contributed by atoms with Crippen molar-refractivity contribution in [2.45, 2.75) is 99.2 Å². The molecule has 43 heavy (non-hydrogen) atoms. The second-order valence-corrected chi connectivity index (χ2v) is 9.82. The Morgan fingerprint density at radius 2 is 1.00 bits per heavy atom. The van der Waals surface area contributed by atoms with Crippen LogP contribution >= 0.6 is 0 Å². The number of aliphatic hydroxyl groups excluding tert-OH is 8. The third-order valence-electron chi connectivity index (χ3n) is 6.41. The summed E-state index contributed by atoms with van der Waals surface area (Å²) in [4.78, 5) is 44.2. The van der Waals surface area contributed by atoms with Crippen LogP contribution in [0, 0.1) is 0 Å². The average Bonchev–Trinajstić information content (AvgIpc) is 2.89. The van der Waals surface area contributed by atoms with Crippen molar-refractivity contribution < 1.29 is 89.9 Å². The Hall–Kier alpha value is -1.03. The van der Waals surface area contributed by atoms with Crippen molar-refractivity contribution in [2.75, 3.05) is 13.2 Å². The Labute approximate surface area is 283 Å². The molecule has 2 amide bonds. The molecule has 246 valence electrons. The standard InChI is InChI=1S/2C11H19NO9.Ba/c2*1-4(14)12-7-5(15)2-11(20,10(18)19)21-9(7)8(17)6(16)3-13;/h2*5-9,13,15-17,20H,2-3H2,1H3,(H,12,14)(H,18,19);/t2*5-,6+,7+,8+,9+,11-;/m00./s1. The van der Waals surface area contributed by atoms with Crippen LogP contribution in [0.1, 0.15) is 26.7 Å². The van der Waals surface area contributed by atoms with Gasteiger partial charge in [0.25, 0.3) is 11.6 Å². The molecule has 2 heterocycles. The molecule has 0 unspecified atom stereocenters. The summed E-state index contributed by atoms with van der Waals surface area (Å²) < 4.78 is 9.73. The molecule has 2 aliphatic rings. The van der Waals surface area contributed by atoms with Gasteiger partial charge in [0.2, 0.25) is 11.8 Å². The van der Waals surface area contributed by atoms with Gasteiger partial charge in [-0.15, -0.1) is 0 Å². The van der Waals surface area contributed by atoms with E-state index in [9.17, 15) is 60.0 Å². The summed E-state index contributed by atoms with van der Waals surface area (Å²) in [7, 11) is 0. The van der Waals surface area contributed by atoms with Crippen LogP contribution in [-0.4, -0.2) is 220 Å². The maximum Gasteiger partial charge on any atom is 0.364 e. The van der Waals surface area contributed by atoms with Gasteiger partial charge in [0.15, 0.2) is 0 Å². The van der Waals surface area contributed by atoms with Crippen LogP contribution < -0.4 is 10.6 Å². The zero-order chi connectivity index (χ0) is 32.7. The number of nitrogens with one attached hydrogen (secondary N) is 2. The van der Waals surface area contributed by atoms with Gasteiger partial charge in [-0.2, -0.15) is 0 Å². The molecular weight excluding hydrogens is 718 g/mol. The van der Waals surface area contributed by atoms with Crippen LogP contribution in [0.15, 0.2) is 0 Å². The third-order valence-corrected chi connectivity index (χ3v) is 6.41. The van der Waals surface area contributed by atoms with E-state index in [1.54, 1.807) is 0 Å². The van der Waals surface area contributed by atoms with Crippen LogP contribution in [0.3, 0.4) is 0 Å². The third kappa shape index (κ3) is 11.1. The van der Waals surface area contributed by atoms with Gasteiger partial charge in [-0.3, -0.25) is 9.59 Å². The zero-order valence-corrected chi connectivity index (χ0v) is 27.6. The zero-order valence-electron chi connectivity index (χ0n) is 23.1. The Morgan fingerprint density at radius 1 is 0.721 bits per heavy atom. The number of ether oxygens (including phenoxy) is 2. The van der Waals surface area contributed by atoms with E-state index in [0.29, 0.717) is 0 Å². The van der Waals surface area contributed by atoms with Gasteiger partial charge in [-0.25, -0.2) is 9.59 Å². The van der Waals surface area contributed by atoms with Gasteiger partial charge < -0.3 is 81.4 Å². The van der Waals surface area contributed by atoms with Crippen molar-refractivity contribution in [3.05, 3.63) is 0 Å². The van der Waals surface area contributed by atoms with Crippen molar-refractivity contribution >= 4 is 72.6 Å². The molecule has 2 rings (SSSR count). The van der Waals surface area contributed by atoms with Gasteiger partial charge in [-0.1, -0.05) is 0 Å². The first kappa shape index (κ1) is 42.0. The Kier molecular flexibility index (Phi) is 17.2. The number of hydrogen-bond donors (Lipinski definition) is 14. The van der Waals surface area contributed by atoms with Gasteiger partial charge >= 0.3 is 11.9 Å². The maximum atomic E-state index is 11.1. The van der Waals surface area contributed by atoms with Crippen LogP contribution in [0.4, 0.5) is 0 Å². The first-order valence-corrected chi connectivity index (χ1v) is 12.4. The Balaban J connectivity index is 0.000000802. The van der Waals surface area contributed by atoms with Crippen molar-refractivity contribution in [3.63, 3.8) is 0 Å². The molecule has 2 aliphatic heterocycles. The quantitative estimate of drug-likeness (QED) is 0.0921. The Morgan fingerprint density at radius 3 is 1.21 bits per heavy atom. The summed E-state index contributed by atoms with van der Waals surface area (Å²) in [5.74, 6) is -10.3. The molecule has 0 spiro atoms. The van der Waals surface area contributed by atoms with Crippen LogP contribution in [-0.2, 0) is 28.7 Å². The summed E-state index contributed by atoms with van der Waals surface area (Å²) in [5, 5.41) is 118. The Bertz CT molecular complexity index is 887. The van der Waals surface area contributed by atoms with E-state index in [1.807, 2.05) is 0 Å². The van der Waals surface area contributed by atoms with E-state index in [-0.39, 0.29) is 48.9 Å². The fourth-order valence-electron chi connectivity index (χ4n) is 4.27. The summed E-state index contributed by atoms with van der Waals surface area (Å²) in [5.41, 5.74) is 0. The molecule has 14 N–H and O–H groups in total. The number of aliphatic hydroxyl groups is 10. The topological polar surface area (TPSA) is 354 Å². The van der Waals surface area contributed by atoms with Gasteiger partial charge in [0.05, 0.1) is 37.5 Å². The van der Waals surface area contributed by atoms with Gasteiger partial charge in [0.1, 0.15) is 36.6 Å². The molecular formula is C22H38BaN2O18. The van der Waals surface area contributed by atoms with Crippen LogP contribution in [0.25, 0.3) is 0 Å². The predicted molar refractivity (Wildman–Crippen MR) is 135 cm³/mol. The van der Waals surface area contributed by atoms with E-state index in [2.05, 4.69) is 10.6 Å². The SMILES string of the molecule is CC(=O)N[C@H]1[C@H]([C@H](O)[C@H](O)CO)O[C@](O)(C(=O)O)C[C@@H]1O.CC(=O)N[C@H]1[C@H]([C@H](O)[C@H](O)CO)O[C@](O)(C(=O)O)C[C@@H]1O.[Ba]. The van der Waals surface area contributed by atoms with E-state index >= 15 is 0 Å². The molecule has 21 heteroatoms. The second kappa shape index (κ2) is 17.6. The number of carboxylic acids is 2. The molecule has 2 saturated heterocycles. The maximum absolute atomic E-state index is 11.1. The fourth-order valence-corrected chi connectivity index (χ4v) is 4.27. The van der Waals surface area contributed by atoms with Crippen molar-refractivity contribution in [3.8, 4) is 0 Å². The van der Waals surface area contributed by atoms with E-state index in [0.717, 1.165) is 13.8 Å². The molecule has 20 nitrogen and oxygen atoms in total. The molecule has 0 aliphatic carbocycles. The molecule has 0 aromatic rings. The molecule has 2 radical (unpaired) electrons. The number of amides is 2. The van der Waals surface area contributed by atoms with E-state index < -0.39 is 122 Å². The van der Waals surface area contributed by atoms with E-state index in [4.69, 9.17) is 29.9 Å². The number of rotatable bonds is 10. The van der Waals surface area contributed by atoms with Crippen LogP contribution in [0.5, 0.6) is 0 Å². The summed E-state index contributed by atoms with van der Waals surface area (Å²) in [6.45, 7) is 0.512. The second-order valence-electron chi connectivity index (χ2n) is 9.82. The fraction of sp³-hybridized carbons (Fsp3) is 0.818. The van der Waals surface area contributed by atoms with Crippen molar-refractivity contribution in [2.24, 2.45) is 0 Å². The smallest absolute Gasteiger partial charge is 0.364 e. The number of carboxylic acid groups (broad SMARTS) is 2. The average molecular weight is 756 g/mol.